The molecule has 110 valence electrons. The summed E-state index contributed by atoms with van der Waals surface area (Å²) in [6.45, 7) is 3.80. The molecule has 2 amide bonds. The molecule has 1 aromatic carbocycles. The third-order valence-corrected chi connectivity index (χ3v) is 2.77. The Morgan fingerprint density at radius 2 is 2.00 bits per heavy atom. The van der Waals surface area contributed by atoms with Gasteiger partial charge in [0.05, 0.1) is 11.9 Å². The van der Waals surface area contributed by atoms with Crippen molar-refractivity contribution < 1.29 is 4.79 Å². The van der Waals surface area contributed by atoms with Crippen molar-refractivity contribution in [2.45, 2.75) is 19.9 Å². The number of pyridine rings is 1. The van der Waals surface area contributed by atoms with E-state index in [1.165, 1.54) is 0 Å². The fourth-order valence-electron chi connectivity index (χ4n) is 1.69. The first-order valence-corrected chi connectivity index (χ1v) is 6.97. The summed E-state index contributed by atoms with van der Waals surface area (Å²) in [7, 11) is 0. The van der Waals surface area contributed by atoms with Gasteiger partial charge in [0, 0.05) is 16.8 Å². The predicted octanol–water partition coefficient (Wildman–Crippen LogP) is 4.01. The molecule has 5 nitrogen and oxygen atoms in total. The van der Waals surface area contributed by atoms with Gasteiger partial charge in [-0.25, -0.2) is 9.78 Å². The molecule has 0 radical (unpaired) electrons. The molecule has 21 heavy (non-hydrogen) atoms. The highest BCUT2D eigenvalue weighted by atomic mass is 35.5. The standard InChI is InChI=1S/C15H17ClN4O/c1-10(2)18-15(21)20-13-6-7-14(17-9-13)19-12-5-3-4-11(16)8-12/h3-10H,1-2H3,(H,17,19)(H2,18,20,21). The van der Waals surface area contributed by atoms with Crippen LogP contribution in [0, 0.1) is 0 Å². The van der Waals surface area contributed by atoms with E-state index < -0.39 is 0 Å². The maximum Gasteiger partial charge on any atom is 0.319 e. The molecule has 2 rings (SSSR count). The summed E-state index contributed by atoms with van der Waals surface area (Å²) in [6.07, 6.45) is 1.59. The monoisotopic (exact) mass is 304 g/mol. The minimum Gasteiger partial charge on any atom is -0.340 e. The van der Waals surface area contributed by atoms with Crippen molar-refractivity contribution in [3.63, 3.8) is 0 Å². The number of halogens is 1. The van der Waals surface area contributed by atoms with Gasteiger partial charge < -0.3 is 16.0 Å². The average Bonchev–Trinajstić information content (AvgIpc) is 2.40. The Kier molecular flexibility index (Phi) is 5.00. The molecule has 1 heterocycles. The highest BCUT2D eigenvalue weighted by Gasteiger charge is 2.04. The van der Waals surface area contributed by atoms with Gasteiger partial charge in [-0.05, 0) is 44.2 Å². The van der Waals surface area contributed by atoms with Crippen molar-refractivity contribution in [3.8, 4) is 0 Å². The normalized spacial score (nSPS) is 10.3. The largest absolute Gasteiger partial charge is 0.340 e. The Morgan fingerprint density at radius 3 is 2.62 bits per heavy atom. The number of carbonyl (C=O) groups excluding carboxylic acids is 1. The summed E-state index contributed by atoms with van der Waals surface area (Å²) < 4.78 is 0. The van der Waals surface area contributed by atoms with Crippen LogP contribution >= 0.6 is 11.6 Å². The first-order valence-electron chi connectivity index (χ1n) is 6.59. The van der Waals surface area contributed by atoms with Crippen molar-refractivity contribution in [2.75, 3.05) is 10.6 Å². The summed E-state index contributed by atoms with van der Waals surface area (Å²) in [5, 5.41) is 9.25. The SMILES string of the molecule is CC(C)NC(=O)Nc1ccc(Nc2cccc(Cl)c2)nc1. The molecule has 0 fully saturated rings. The molecule has 0 atom stereocenters. The Labute approximate surface area is 128 Å². The van der Waals surface area contributed by atoms with Gasteiger partial charge in [0.15, 0.2) is 0 Å². The van der Waals surface area contributed by atoms with Gasteiger partial charge in [0.1, 0.15) is 5.82 Å². The second-order valence-corrected chi connectivity index (χ2v) is 5.26. The Morgan fingerprint density at radius 1 is 1.19 bits per heavy atom. The number of nitrogens with one attached hydrogen (secondary N) is 3. The lowest BCUT2D eigenvalue weighted by molar-refractivity contribution is 0.250. The molecule has 0 saturated heterocycles. The molecule has 0 unspecified atom stereocenters. The van der Waals surface area contributed by atoms with E-state index in [9.17, 15) is 4.79 Å². The van der Waals surface area contributed by atoms with Crippen molar-refractivity contribution in [2.24, 2.45) is 0 Å². The number of benzene rings is 1. The zero-order valence-corrected chi connectivity index (χ0v) is 12.6. The fraction of sp³-hybridized carbons (Fsp3) is 0.200. The topological polar surface area (TPSA) is 66.1 Å². The number of hydrogen-bond acceptors (Lipinski definition) is 3. The maximum absolute atomic E-state index is 11.6. The van der Waals surface area contributed by atoms with Gasteiger partial charge >= 0.3 is 6.03 Å². The molecule has 0 aliphatic carbocycles. The minimum absolute atomic E-state index is 0.0849. The third-order valence-electron chi connectivity index (χ3n) is 2.54. The van der Waals surface area contributed by atoms with Crippen LogP contribution in [-0.2, 0) is 0 Å². The zero-order valence-electron chi connectivity index (χ0n) is 11.9. The van der Waals surface area contributed by atoms with Gasteiger partial charge in [-0.3, -0.25) is 0 Å². The Bertz CT molecular complexity index is 613. The third kappa shape index (κ3) is 4.96. The summed E-state index contributed by atoms with van der Waals surface area (Å²) in [4.78, 5) is 15.8. The molecule has 0 spiro atoms. The van der Waals surface area contributed by atoms with E-state index in [1.54, 1.807) is 24.4 Å². The maximum atomic E-state index is 11.6. The van der Waals surface area contributed by atoms with Crippen LogP contribution in [0.25, 0.3) is 0 Å². The number of anilines is 3. The molecule has 3 N–H and O–H groups in total. The van der Waals surface area contributed by atoms with Gasteiger partial charge in [-0.1, -0.05) is 17.7 Å². The molecule has 0 bridgehead atoms. The number of nitrogens with zero attached hydrogens (tertiary/aromatic N) is 1. The van der Waals surface area contributed by atoms with E-state index in [0.29, 0.717) is 16.5 Å². The quantitative estimate of drug-likeness (QED) is 0.799. The number of amides is 2. The number of urea groups is 1. The fourth-order valence-corrected chi connectivity index (χ4v) is 1.88. The molecule has 1 aromatic heterocycles. The second-order valence-electron chi connectivity index (χ2n) is 4.82. The Balaban J connectivity index is 1.97. The zero-order chi connectivity index (χ0) is 15.2. The van der Waals surface area contributed by atoms with Gasteiger partial charge in [-0.15, -0.1) is 0 Å². The molecule has 0 aliphatic rings. The highest BCUT2D eigenvalue weighted by Crippen LogP contribution is 2.19. The van der Waals surface area contributed by atoms with Crippen LogP contribution in [0.5, 0.6) is 0 Å². The van der Waals surface area contributed by atoms with Gasteiger partial charge in [0.2, 0.25) is 0 Å². The minimum atomic E-state index is -0.248. The second kappa shape index (κ2) is 6.95. The summed E-state index contributed by atoms with van der Waals surface area (Å²) in [5.74, 6) is 0.673. The van der Waals surface area contributed by atoms with Crippen LogP contribution in [0.3, 0.4) is 0 Å². The number of aromatic nitrogens is 1. The first-order chi connectivity index (χ1) is 10.0. The van der Waals surface area contributed by atoms with E-state index in [0.717, 1.165) is 5.69 Å². The molecular formula is C15H17ClN4O. The lowest BCUT2D eigenvalue weighted by atomic mass is 10.3. The molecule has 2 aromatic rings. The van der Waals surface area contributed by atoms with Crippen LogP contribution in [0.4, 0.5) is 22.0 Å². The van der Waals surface area contributed by atoms with Crippen LogP contribution in [0.1, 0.15) is 13.8 Å². The van der Waals surface area contributed by atoms with Gasteiger partial charge in [0.25, 0.3) is 0 Å². The van der Waals surface area contributed by atoms with E-state index in [4.69, 9.17) is 11.6 Å². The summed E-state index contributed by atoms with van der Waals surface area (Å²) in [6, 6.07) is 10.8. The average molecular weight is 305 g/mol. The molecule has 0 saturated carbocycles. The smallest absolute Gasteiger partial charge is 0.319 e. The molecule has 0 aliphatic heterocycles. The highest BCUT2D eigenvalue weighted by molar-refractivity contribution is 6.30. The number of rotatable bonds is 4. The van der Waals surface area contributed by atoms with Crippen LogP contribution < -0.4 is 16.0 Å². The van der Waals surface area contributed by atoms with E-state index >= 15 is 0 Å². The van der Waals surface area contributed by atoms with Crippen molar-refractivity contribution >= 4 is 34.8 Å². The van der Waals surface area contributed by atoms with E-state index in [1.807, 2.05) is 32.0 Å². The predicted molar refractivity (Wildman–Crippen MR) is 86.3 cm³/mol. The molecular weight excluding hydrogens is 288 g/mol. The van der Waals surface area contributed by atoms with Crippen LogP contribution in [0.15, 0.2) is 42.6 Å². The molecule has 6 heteroatoms. The van der Waals surface area contributed by atoms with Gasteiger partial charge in [-0.2, -0.15) is 0 Å². The summed E-state index contributed by atoms with van der Waals surface area (Å²) in [5.41, 5.74) is 1.48. The lowest BCUT2D eigenvalue weighted by Gasteiger charge is -2.10. The van der Waals surface area contributed by atoms with E-state index in [2.05, 4.69) is 20.9 Å². The van der Waals surface area contributed by atoms with Crippen LogP contribution in [-0.4, -0.2) is 17.1 Å². The number of hydrogen-bond donors (Lipinski definition) is 3. The lowest BCUT2D eigenvalue weighted by Crippen LogP contribution is -2.34. The first kappa shape index (κ1) is 15.1. The van der Waals surface area contributed by atoms with Crippen molar-refractivity contribution in [1.29, 1.82) is 0 Å². The Hall–Kier alpha value is -2.27. The summed E-state index contributed by atoms with van der Waals surface area (Å²) >= 11 is 5.92. The van der Waals surface area contributed by atoms with Crippen molar-refractivity contribution in [1.82, 2.24) is 10.3 Å². The van der Waals surface area contributed by atoms with Crippen LogP contribution in [0.2, 0.25) is 5.02 Å². The van der Waals surface area contributed by atoms with E-state index in [-0.39, 0.29) is 12.1 Å². The number of carbonyl (C=O) groups is 1. The van der Waals surface area contributed by atoms with Crippen molar-refractivity contribution in [3.05, 3.63) is 47.6 Å².